The van der Waals surface area contributed by atoms with Crippen molar-refractivity contribution in [1.82, 2.24) is 15.2 Å². The molecule has 1 aliphatic heterocycles. The molecule has 15 heavy (non-hydrogen) atoms. The largest absolute Gasteiger partial charge is 0.304 e. The van der Waals surface area contributed by atoms with Gasteiger partial charge < -0.3 is 4.90 Å². The summed E-state index contributed by atoms with van der Waals surface area (Å²) in [6, 6.07) is -0.0938. The van der Waals surface area contributed by atoms with Gasteiger partial charge in [0.25, 0.3) is 5.91 Å². The summed E-state index contributed by atoms with van der Waals surface area (Å²) in [6.45, 7) is 8.01. The van der Waals surface area contributed by atoms with Gasteiger partial charge in [0.1, 0.15) is 0 Å². The van der Waals surface area contributed by atoms with Crippen LogP contribution in [0, 0.1) is 5.92 Å². The third-order valence-corrected chi connectivity index (χ3v) is 2.97. The molecule has 0 aromatic carbocycles. The van der Waals surface area contributed by atoms with E-state index in [1.54, 1.807) is 0 Å². The van der Waals surface area contributed by atoms with Gasteiger partial charge in [0, 0.05) is 26.2 Å². The van der Waals surface area contributed by atoms with Gasteiger partial charge in [0.15, 0.2) is 0 Å². The van der Waals surface area contributed by atoms with Gasteiger partial charge in [-0.25, -0.2) is 5.84 Å². The molecule has 88 valence electrons. The molecule has 1 amide bonds. The standard InChI is InChI=1S/C10H22N4O/c1-8(2)9(10(15)12-11)14-6-4-13(3)5-7-14/h8-9H,4-7,11H2,1-3H3,(H,12,15)/t9-/m1/s1. The first-order chi connectivity index (χ1) is 7.06. The minimum atomic E-state index is -0.0938. The predicted molar refractivity (Wildman–Crippen MR) is 60.0 cm³/mol. The van der Waals surface area contributed by atoms with Crippen LogP contribution in [0.15, 0.2) is 0 Å². The van der Waals surface area contributed by atoms with Crippen molar-refractivity contribution in [2.75, 3.05) is 33.2 Å². The van der Waals surface area contributed by atoms with E-state index in [1.165, 1.54) is 0 Å². The highest BCUT2D eigenvalue weighted by Gasteiger charge is 2.30. The number of hydrogen-bond acceptors (Lipinski definition) is 4. The third kappa shape index (κ3) is 3.15. The summed E-state index contributed by atoms with van der Waals surface area (Å²) in [6.07, 6.45) is 0. The summed E-state index contributed by atoms with van der Waals surface area (Å²) in [5, 5.41) is 0. The number of hydrazine groups is 1. The lowest BCUT2D eigenvalue weighted by Crippen LogP contribution is -2.57. The van der Waals surface area contributed by atoms with Gasteiger partial charge in [-0.05, 0) is 13.0 Å². The molecule has 1 heterocycles. The van der Waals surface area contributed by atoms with E-state index in [2.05, 4.69) is 36.1 Å². The third-order valence-electron chi connectivity index (χ3n) is 2.97. The van der Waals surface area contributed by atoms with Gasteiger partial charge in [-0.1, -0.05) is 13.8 Å². The van der Waals surface area contributed by atoms with Crippen LogP contribution in [-0.2, 0) is 4.79 Å². The number of nitrogens with one attached hydrogen (secondary N) is 1. The second-order valence-corrected chi connectivity index (χ2v) is 4.54. The Morgan fingerprint density at radius 3 is 2.20 bits per heavy atom. The molecule has 3 N–H and O–H groups in total. The number of amides is 1. The molecule has 0 aliphatic carbocycles. The molecule has 1 fully saturated rings. The van der Waals surface area contributed by atoms with Crippen molar-refractivity contribution in [3.63, 3.8) is 0 Å². The zero-order chi connectivity index (χ0) is 11.4. The van der Waals surface area contributed by atoms with Crippen molar-refractivity contribution in [3.8, 4) is 0 Å². The summed E-state index contributed by atoms with van der Waals surface area (Å²) in [7, 11) is 2.10. The summed E-state index contributed by atoms with van der Waals surface area (Å²) in [5.74, 6) is 5.42. The van der Waals surface area contributed by atoms with E-state index in [4.69, 9.17) is 5.84 Å². The maximum Gasteiger partial charge on any atom is 0.251 e. The minimum Gasteiger partial charge on any atom is -0.304 e. The van der Waals surface area contributed by atoms with E-state index in [9.17, 15) is 4.79 Å². The Labute approximate surface area is 91.6 Å². The molecule has 1 atom stereocenters. The van der Waals surface area contributed by atoms with Crippen molar-refractivity contribution in [2.24, 2.45) is 11.8 Å². The quantitative estimate of drug-likeness (QED) is 0.369. The molecule has 1 saturated heterocycles. The second-order valence-electron chi connectivity index (χ2n) is 4.54. The number of piperazine rings is 1. The molecule has 1 rings (SSSR count). The van der Waals surface area contributed by atoms with Gasteiger partial charge in [0.2, 0.25) is 0 Å². The molecule has 0 aromatic heterocycles. The van der Waals surface area contributed by atoms with Crippen molar-refractivity contribution >= 4 is 5.91 Å². The topological polar surface area (TPSA) is 61.6 Å². The Morgan fingerprint density at radius 1 is 1.27 bits per heavy atom. The summed E-state index contributed by atoms with van der Waals surface area (Å²) in [4.78, 5) is 16.1. The van der Waals surface area contributed by atoms with Crippen LogP contribution in [0.5, 0.6) is 0 Å². The molecule has 0 spiro atoms. The van der Waals surface area contributed by atoms with Crippen LogP contribution in [0.1, 0.15) is 13.8 Å². The Kier molecular flexibility index (Phi) is 4.50. The zero-order valence-corrected chi connectivity index (χ0v) is 9.86. The second kappa shape index (κ2) is 5.44. The number of likely N-dealkylation sites (N-methyl/N-ethyl adjacent to an activating group) is 1. The Balaban J connectivity index is 2.60. The van der Waals surface area contributed by atoms with Crippen LogP contribution in [0.25, 0.3) is 0 Å². The van der Waals surface area contributed by atoms with Crippen molar-refractivity contribution in [3.05, 3.63) is 0 Å². The van der Waals surface area contributed by atoms with Crippen molar-refractivity contribution in [2.45, 2.75) is 19.9 Å². The van der Waals surface area contributed by atoms with Gasteiger partial charge >= 0.3 is 0 Å². The van der Waals surface area contributed by atoms with Crippen LogP contribution in [0.3, 0.4) is 0 Å². The van der Waals surface area contributed by atoms with E-state index >= 15 is 0 Å². The minimum absolute atomic E-state index is 0.0745. The lowest BCUT2D eigenvalue weighted by molar-refractivity contribution is -0.128. The van der Waals surface area contributed by atoms with Gasteiger partial charge in [0.05, 0.1) is 6.04 Å². The summed E-state index contributed by atoms with van der Waals surface area (Å²) < 4.78 is 0. The molecule has 5 heteroatoms. The average Bonchev–Trinajstić information content (AvgIpc) is 2.20. The number of hydrogen-bond donors (Lipinski definition) is 2. The lowest BCUT2D eigenvalue weighted by atomic mass is 10.0. The van der Waals surface area contributed by atoms with E-state index in [1.807, 2.05) is 0 Å². The Hall–Kier alpha value is -0.650. The predicted octanol–water partition coefficient (Wildman–Crippen LogP) is -0.752. The van der Waals surface area contributed by atoms with Crippen molar-refractivity contribution in [1.29, 1.82) is 0 Å². The summed E-state index contributed by atoms with van der Waals surface area (Å²) in [5.41, 5.74) is 2.26. The number of nitrogens with zero attached hydrogens (tertiary/aromatic N) is 2. The van der Waals surface area contributed by atoms with Crippen LogP contribution in [0.4, 0.5) is 0 Å². The summed E-state index contributed by atoms with van der Waals surface area (Å²) >= 11 is 0. The first-order valence-electron chi connectivity index (χ1n) is 5.49. The molecule has 0 aromatic rings. The van der Waals surface area contributed by atoms with Crippen LogP contribution in [0.2, 0.25) is 0 Å². The highest BCUT2D eigenvalue weighted by Crippen LogP contribution is 2.13. The molecule has 0 radical (unpaired) electrons. The first-order valence-corrected chi connectivity index (χ1v) is 5.49. The normalized spacial score (nSPS) is 21.7. The Morgan fingerprint density at radius 2 is 1.80 bits per heavy atom. The number of rotatable bonds is 3. The fraction of sp³-hybridized carbons (Fsp3) is 0.900. The van der Waals surface area contributed by atoms with E-state index in [-0.39, 0.29) is 17.9 Å². The molecule has 0 bridgehead atoms. The SMILES string of the molecule is CC(C)[C@H](C(=O)NN)N1CCN(C)CC1. The number of nitrogens with two attached hydrogens (primary N) is 1. The fourth-order valence-electron chi connectivity index (χ4n) is 2.08. The number of carbonyl (C=O) groups excluding carboxylic acids is 1. The van der Waals surface area contributed by atoms with E-state index in [0.29, 0.717) is 0 Å². The smallest absolute Gasteiger partial charge is 0.251 e. The molecular formula is C10H22N4O. The Bertz CT molecular complexity index is 211. The first kappa shape index (κ1) is 12.4. The molecule has 0 saturated carbocycles. The molecule has 1 aliphatic rings. The fourth-order valence-corrected chi connectivity index (χ4v) is 2.08. The zero-order valence-electron chi connectivity index (χ0n) is 9.86. The highest BCUT2D eigenvalue weighted by molar-refractivity contribution is 5.81. The lowest BCUT2D eigenvalue weighted by Gasteiger charge is -2.38. The average molecular weight is 214 g/mol. The van der Waals surface area contributed by atoms with Crippen LogP contribution in [-0.4, -0.2) is 55.0 Å². The number of carbonyl (C=O) groups is 1. The molecule has 5 nitrogen and oxygen atoms in total. The van der Waals surface area contributed by atoms with Crippen LogP contribution >= 0.6 is 0 Å². The van der Waals surface area contributed by atoms with Gasteiger partial charge in [-0.15, -0.1) is 0 Å². The van der Waals surface area contributed by atoms with Gasteiger partial charge in [-0.2, -0.15) is 0 Å². The maximum atomic E-state index is 11.6. The van der Waals surface area contributed by atoms with E-state index in [0.717, 1.165) is 26.2 Å². The molecule has 0 unspecified atom stereocenters. The van der Waals surface area contributed by atoms with Crippen LogP contribution < -0.4 is 11.3 Å². The van der Waals surface area contributed by atoms with E-state index < -0.39 is 0 Å². The monoisotopic (exact) mass is 214 g/mol. The van der Waals surface area contributed by atoms with Gasteiger partial charge in [-0.3, -0.25) is 15.1 Å². The van der Waals surface area contributed by atoms with Crippen molar-refractivity contribution < 1.29 is 4.79 Å². The maximum absolute atomic E-state index is 11.6. The highest BCUT2D eigenvalue weighted by atomic mass is 16.2. The molecular weight excluding hydrogens is 192 g/mol.